The van der Waals surface area contributed by atoms with E-state index in [2.05, 4.69) is 14.7 Å². The number of hydrogen-bond acceptors (Lipinski definition) is 5. The molecule has 0 aliphatic carbocycles. The van der Waals surface area contributed by atoms with Gasteiger partial charge in [0.2, 0.25) is 11.0 Å². The summed E-state index contributed by atoms with van der Waals surface area (Å²) in [5.74, 6) is -1.09. The predicted octanol–water partition coefficient (Wildman–Crippen LogP) is 1.92. The number of likely N-dealkylation sites (N-methyl/N-ethyl adjacent to an activating group) is 1. The fraction of sp³-hybridized carbons (Fsp3) is 0.750. The maximum absolute atomic E-state index is 12.2. The third kappa shape index (κ3) is 3.93. The standard InChI is InChI=1S/C8H13F3N4S/c1-5(4-15(2)3)12-7-13-6(14-16-7)8(9,10)11/h5H,4H2,1-3H3,(H,12,13,14). The molecule has 0 aliphatic heterocycles. The van der Waals surface area contributed by atoms with Gasteiger partial charge in [-0.3, -0.25) is 0 Å². The Balaban J connectivity index is 2.59. The summed E-state index contributed by atoms with van der Waals surface area (Å²) < 4.78 is 39.8. The van der Waals surface area contributed by atoms with Gasteiger partial charge in [0.25, 0.3) is 0 Å². The first kappa shape index (κ1) is 13.2. The third-order valence-corrected chi connectivity index (χ3v) is 2.33. The van der Waals surface area contributed by atoms with Crippen molar-refractivity contribution in [3.8, 4) is 0 Å². The third-order valence-electron chi connectivity index (χ3n) is 1.69. The van der Waals surface area contributed by atoms with E-state index in [4.69, 9.17) is 0 Å². The quantitative estimate of drug-likeness (QED) is 0.891. The lowest BCUT2D eigenvalue weighted by atomic mass is 10.3. The second-order valence-electron chi connectivity index (χ2n) is 3.73. The van der Waals surface area contributed by atoms with Crippen LogP contribution in [-0.4, -0.2) is 40.9 Å². The van der Waals surface area contributed by atoms with Crippen molar-refractivity contribution in [1.82, 2.24) is 14.3 Å². The number of halogens is 3. The van der Waals surface area contributed by atoms with Gasteiger partial charge in [-0.25, -0.2) is 0 Å². The number of nitrogens with one attached hydrogen (secondary N) is 1. The van der Waals surface area contributed by atoms with Crippen LogP contribution in [0.4, 0.5) is 18.3 Å². The molecule has 1 aromatic rings. The van der Waals surface area contributed by atoms with Crippen molar-refractivity contribution in [1.29, 1.82) is 0 Å². The molecule has 1 atom stereocenters. The summed E-state index contributed by atoms with van der Waals surface area (Å²) in [6, 6.07) is 0.0176. The van der Waals surface area contributed by atoms with E-state index in [1.165, 1.54) is 0 Å². The zero-order chi connectivity index (χ0) is 12.3. The van der Waals surface area contributed by atoms with Gasteiger partial charge in [0.05, 0.1) is 0 Å². The predicted molar refractivity (Wildman–Crippen MR) is 56.5 cm³/mol. The molecule has 1 aromatic heterocycles. The van der Waals surface area contributed by atoms with Crippen LogP contribution in [0.1, 0.15) is 12.7 Å². The van der Waals surface area contributed by atoms with Crippen LogP contribution in [0, 0.1) is 0 Å². The van der Waals surface area contributed by atoms with Gasteiger partial charge in [-0.05, 0) is 21.0 Å². The molecular formula is C8H13F3N4S. The van der Waals surface area contributed by atoms with Crippen molar-refractivity contribution in [2.45, 2.75) is 19.1 Å². The molecule has 0 spiro atoms. The number of aromatic nitrogens is 2. The van der Waals surface area contributed by atoms with Crippen molar-refractivity contribution >= 4 is 16.7 Å². The van der Waals surface area contributed by atoms with Crippen LogP contribution in [0.25, 0.3) is 0 Å². The number of anilines is 1. The Morgan fingerprint density at radius 2 is 2.06 bits per heavy atom. The Bertz CT molecular complexity index is 336. The molecule has 1 N–H and O–H groups in total. The molecule has 0 saturated heterocycles. The van der Waals surface area contributed by atoms with E-state index >= 15 is 0 Å². The Kier molecular flexibility index (Phi) is 4.09. The molecule has 8 heteroatoms. The maximum Gasteiger partial charge on any atom is 0.452 e. The number of alkyl halides is 3. The van der Waals surface area contributed by atoms with Gasteiger partial charge in [0.1, 0.15) is 0 Å². The lowest BCUT2D eigenvalue weighted by Gasteiger charge is -2.17. The minimum Gasteiger partial charge on any atom is -0.357 e. The normalized spacial score (nSPS) is 14.2. The van der Waals surface area contributed by atoms with E-state index in [1.54, 1.807) is 0 Å². The van der Waals surface area contributed by atoms with Crippen molar-refractivity contribution in [3.05, 3.63) is 5.82 Å². The Morgan fingerprint density at radius 3 is 2.50 bits per heavy atom. The lowest BCUT2D eigenvalue weighted by Crippen LogP contribution is -2.29. The second-order valence-corrected chi connectivity index (χ2v) is 4.48. The van der Waals surface area contributed by atoms with E-state index in [0.29, 0.717) is 6.54 Å². The first-order valence-corrected chi connectivity index (χ1v) is 5.38. The molecule has 1 rings (SSSR count). The molecule has 4 nitrogen and oxygen atoms in total. The summed E-state index contributed by atoms with van der Waals surface area (Å²) in [6.45, 7) is 2.58. The highest BCUT2D eigenvalue weighted by Gasteiger charge is 2.36. The summed E-state index contributed by atoms with van der Waals surface area (Å²) in [6.07, 6.45) is -4.47. The van der Waals surface area contributed by atoms with E-state index < -0.39 is 12.0 Å². The monoisotopic (exact) mass is 254 g/mol. The minimum absolute atomic E-state index is 0.0176. The van der Waals surface area contributed by atoms with Crippen LogP contribution >= 0.6 is 11.5 Å². The fourth-order valence-electron chi connectivity index (χ4n) is 1.20. The van der Waals surface area contributed by atoms with Crippen LogP contribution in [-0.2, 0) is 6.18 Å². The van der Waals surface area contributed by atoms with Crippen LogP contribution in [0.3, 0.4) is 0 Å². The molecule has 0 amide bonds. The van der Waals surface area contributed by atoms with Gasteiger partial charge in [-0.1, -0.05) is 0 Å². The molecule has 0 saturated carbocycles. The van der Waals surface area contributed by atoms with E-state index in [-0.39, 0.29) is 11.2 Å². The minimum atomic E-state index is -4.47. The molecule has 0 fully saturated rings. The van der Waals surface area contributed by atoms with E-state index in [1.807, 2.05) is 25.9 Å². The molecule has 0 bridgehead atoms. The first-order chi connectivity index (χ1) is 7.29. The van der Waals surface area contributed by atoms with Crippen LogP contribution in [0.2, 0.25) is 0 Å². The van der Waals surface area contributed by atoms with Crippen LogP contribution < -0.4 is 5.32 Å². The summed E-state index contributed by atoms with van der Waals surface area (Å²) in [5.41, 5.74) is 0. The smallest absolute Gasteiger partial charge is 0.357 e. The fourth-order valence-corrected chi connectivity index (χ4v) is 1.90. The number of nitrogens with zero attached hydrogens (tertiary/aromatic N) is 3. The van der Waals surface area contributed by atoms with Gasteiger partial charge in [0, 0.05) is 24.1 Å². The van der Waals surface area contributed by atoms with Gasteiger partial charge >= 0.3 is 6.18 Å². The van der Waals surface area contributed by atoms with Gasteiger partial charge < -0.3 is 10.2 Å². The second kappa shape index (κ2) is 4.96. The Morgan fingerprint density at radius 1 is 1.44 bits per heavy atom. The van der Waals surface area contributed by atoms with Crippen LogP contribution in [0.15, 0.2) is 0 Å². The maximum atomic E-state index is 12.2. The molecule has 0 aromatic carbocycles. The average Bonchev–Trinajstić information content (AvgIpc) is 2.49. The van der Waals surface area contributed by atoms with Crippen molar-refractivity contribution in [2.75, 3.05) is 26.0 Å². The lowest BCUT2D eigenvalue weighted by molar-refractivity contribution is -0.144. The van der Waals surface area contributed by atoms with Crippen LogP contribution in [0.5, 0.6) is 0 Å². The Labute approximate surface area is 95.6 Å². The Hall–Kier alpha value is -0.890. The largest absolute Gasteiger partial charge is 0.452 e. The van der Waals surface area contributed by atoms with Gasteiger partial charge in [-0.2, -0.15) is 22.5 Å². The molecule has 16 heavy (non-hydrogen) atoms. The summed E-state index contributed by atoms with van der Waals surface area (Å²) in [4.78, 5) is 5.32. The number of rotatable bonds is 4. The molecular weight excluding hydrogens is 241 g/mol. The van der Waals surface area contributed by atoms with Crippen molar-refractivity contribution in [3.63, 3.8) is 0 Å². The molecule has 0 radical (unpaired) electrons. The van der Waals surface area contributed by atoms with E-state index in [0.717, 1.165) is 11.5 Å². The first-order valence-electron chi connectivity index (χ1n) is 4.61. The van der Waals surface area contributed by atoms with Gasteiger partial charge in [-0.15, -0.1) is 0 Å². The van der Waals surface area contributed by atoms with Crippen molar-refractivity contribution in [2.24, 2.45) is 0 Å². The topological polar surface area (TPSA) is 41.0 Å². The summed E-state index contributed by atoms with van der Waals surface area (Å²) in [5, 5.41) is 3.06. The SMILES string of the molecule is CC(CN(C)C)Nc1nc(C(F)(F)F)ns1. The zero-order valence-electron chi connectivity index (χ0n) is 9.17. The number of hydrogen-bond donors (Lipinski definition) is 1. The highest BCUT2D eigenvalue weighted by Crippen LogP contribution is 2.29. The molecule has 1 heterocycles. The molecule has 92 valence electrons. The van der Waals surface area contributed by atoms with Crippen molar-refractivity contribution < 1.29 is 13.2 Å². The van der Waals surface area contributed by atoms with E-state index in [9.17, 15) is 13.2 Å². The summed E-state index contributed by atoms with van der Waals surface area (Å²) in [7, 11) is 3.78. The molecule has 1 unspecified atom stereocenters. The molecule has 0 aliphatic rings. The highest BCUT2D eigenvalue weighted by atomic mass is 32.1. The van der Waals surface area contributed by atoms with Gasteiger partial charge in [0.15, 0.2) is 0 Å². The average molecular weight is 254 g/mol. The zero-order valence-corrected chi connectivity index (χ0v) is 9.98. The summed E-state index contributed by atoms with van der Waals surface area (Å²) >= 11 is 0.721. The highest BCUT2D eigenvalue weighted by molar-refractivity contribution is 7.09.